The summed E-state index contributed by atoms with van der Waals surface area (Å²) < 4.78 is 21.1. The van der Waals surface area contributed by atoms with Crippen molar-refractivity contribution in [2.75, 3.05) is 26.3 Å². The van der Waals surface area contributed by atoms with E-state index in [1.54, 1.807) is 29.2 Å². The molecule has 1 saturated carbocycles. The Morgan fingerprint density at radius 1 is 1.00 bits per heavy atom. The molecule has 0 bridgehead atoms. The lowest BCUT2D eigenvalue weighted by Gasteiger charge is -2.36. The molecule has 2 aromatic carbocycles. The SMILES string of the molecule is CCOCCCN(CC(=O)N(Cc1cccn1Cc1ccc(F)cc1)C1CCCCC1)C(=O)C=Cc1ccccc1. The summed E-state index contributed by atoms with van der Waals surface area (Å²) in [5, 5.41) is 0. The first kappa shape index (κ1) is 30.3. The summed E-state index contributed by atoms with van der Waals surface area (Å²) in [6.07, 6.45) is 11.3. The summed E-state index contributed by atoms with van der Waals surface area (Å²) in [6.45, 7) is 4.65. The standard InChI is InChI=1S/C34H42FN3O3/c1-2-41-24-10-23-37(33(39)21-18-28-11-5-3-6-12-28)27-34(40)38(31-13-7-4-8-14-31)26-32-15-9-22-36(32)25-29-16-19-30(35)20-17-29/h3,5-6,9,11-12,15-22,31H,2,4,7-8,10,13-14,23-27H2,1H3. The predicted octanol–water partition coefficient (Wildman–Crippen LogP) is 6.31. The molecule has 0 unspecified atom stereocenters. The van der Waals surface area contributed by atoms with E-state index < -0.39 is 0 Å². The van der Waals surface area contributed by atoms with Gasteiger partial charge in [-0.15, -0.1) is 0 Å². The maximum absolute atomic E-state index is 14.0. The van der Waals surface area contributed by atoms with Crippen molar-refractivity contribution in [1.29, 1.82) is 0 Å². The fourth-order valence-electron chi connectivity index (χ4n) is 5.38. The van der Waals surface area contributed by atoms with Crippen molar-refractivity contribution >= 4 is 17.9 Å². The predicted molar refractivity (Wildman–Crippen MR) is 161 cm³/mol. The Bertz CT molecular complexity index is 1250. The number of halogens is 1. The molecule has 0 spiro atoms. The van der Waals surface area contributed by atoms with Crippen molar-refractivity contribution in [3.63, 3.8) is 0 Å². The Balaban J connectivity index is 1.50. The quantitative estimate of drug-likeness (QED) is 0.172. The van der Waals surface area contributed by atoms with Crippen molar-refractivity contribution in [3.05, 3.63) is 102 Å². The normalized spacial score (nSPS) is 13.9. The van der Waals surface area contributed by atoms with Gasteiger partial charge in [-0.05, 0) is 67.7 Å². The number of carbonyl (C=O) groups excluding carboxylic acids is 2. The van der Waals surface area contributed by atoms with Crippen molar-refractivity contribution < 1.29 is 18.7 Å². The van der Waals surface area contributed by atoms with Gasteiger partial charge in [0.2, 0.25) is 11.8 Å². The van der Waals surface area contributed by atoms with Gasteiger partial charge in [-0.2, -0.15) is 0 Å². The van der Waals surface area contributed by atoms with Crippen LogP contribution in [0.1, 0.15) is 62.3 Å². The lowest BCUT2D eigenvalue weighted by molar-refractivity contribution is -0.141. The first-order chi connectivity index (χ1) is 20.0. The second kappa shape index (κ2) is 15.9. The van der Waals surface area contributed by atoms with Crippen molar-refractivity contribution in [2.45, 2.75) is 64.6 Å². The van der Waals surface area contributed by atoms with E-state index in [0.717, 1.165) is 42.5 Å². The van der Waals surface area contributed by atoms with E-state index in [-0.39, 0.29) is 30.2 Å². The van der Waals surface area contributed by atoms with Gasteiger partial charge in [-0.3, -0.25) is 9.59 Å². The van der Waals surface area contributed by atoms with Crippen molar-refractivity contribution in [3.8, 4) is 0 Å². The Hall–Kier alpha value is -3.71. The van der Waals surface area contributed by atoms with Gasteiger partial charge in [0.1, 0.15) is 12.4 Å². The third kappa shape index (κ3) is 9.42. The van der Waals surface area contributed by atoms with Crippen LogP contribution < -0.4 is 0 Å². The highest BCUT2D eigenvalue weighted by Crippen LogP contribution is 2.25. The molecular formula is C34H42FN3O3. The number of carbonyl (C=O) groups is 2. The number of nitrogens with zero attached hydrogens (tertiary/aromatic N) is 3. The molecule has 1 heterocycles. The maximum Gasteiger partial charge on any atom is 0.247 e. The highest BCUT2D eigenvalue weighted by molar-refractivity contribution is 5.94. The van der Waals surface area contributed by atoms with Crippen LogP contribution in [0.5, 0.6) is 0 Å². The van der Waals surface area contributed by atoms with Crippen LogP contribution in [0.3, 0.4) is 0 Å². The van der Waals surface area contributed by atoms with Gasteiger partial charge in [0.15, 0.2) is 0 Å². The van der Waals surface area contributed by atoms with Crippen molar-refractivity contribution in [2.24, 2.45) is 0 Å². The fourth-order valence-corrected chi connectivity index (χ4v) is 5.38. The lowest BCUT2D eigenvalue weighted by Crippen LogP contribution is -2.47. The van der Waals surface area contributed by atoms with Crippen LogP contribution in [0.15, 0.2) is 79.0 Å². The third-order valence-corrected chi connectivity index (χ3v) is 7.63. The molecule has 6 nitrogen and oxygen atoms in total. The number of hydrogen-bond acceptors (Lipinski definition) is 3. The minimum absolute atomic E-state index is 0.0270. The van der Waals surface area contributed by atoms with Gasteiger partial charge in [-0.25, -0.2) is 4.39 Å². The van der Waals surface area contributed by atoms with E-state index in [0.29, 0.717) is 39.3 Å². The second-order valence-corrected chi connectivity index (χ2v) is 10.6. The van der Waals surface area contributed by atoms with Crippen LogP contribution in [0, 0.1) is 5.82 Å². The van der Waals surface area contributed by atoms with E-state index in [1.165, 1.54) is 18.6 Å². The minimum Gasteiger partial charge on any atom is -0.382 e. The first-order valence-corrected chi connectivity index (χ1v) is 14.8. The Labute approximate surface area is 243 Å². The van der Waals surface area contributed by atoms with Gasteiger partial charge >= 0.3 is 0 Å². The molecular weight excluding hydrogens is 517 g/mol. The summed E-state index contributed by atoms with van der Waals surface area (Å²) >= 11 is 0. The molecule has 3 aromatic rings. The lowest BCUT2D eigenvalue weighted by atomic mass is 9.94. The Kier molecular flexibility index (Phi) is 11.7. The topological polar surface area (TPSA) is 54.8 Å². The first-order valence-electron chi connectivity index (χ1n) is 14.8. The molecule has 1 fully saturated rings. The van der Waals surface area contributed by atoms with E-state index in [1.807, 2.05) is 60.5 Å². The number of rotatable bonds is 14. The average molecular weight is 560 g/mol. The Morgan fingerprint density at radius 2 is 1.76 bits per heavy atom. The smallest absolute Gasteiger partial charge is 0.247 e. The van der Waals surface area contributed by atoms with Gasteiger partial charge < -0.3 is 19.1 Å². The molecule has 0 saturated heterocycles. The molecule has 0 N–H and O–H groups in total. The van der Waals surface area contributed by atoms with Gasteiger partial charge in [-0.1, -0.05) is 61.7 Å². The van der Waals surface area contributed by atoms with E-state index in [4.69, 9.17) is 4.74 Å². The summed E-state index contributed by atoms with van der Waals surface area (Å²) in [7, 11) is 0. The average Bonchev–Trinajstić information content (AvgIpc) is 3.44. The molecule has 1 aliphatic carbocycles. The second-order valence-electron chi connectivity index (χ2n) is 10.6. The summed E-state index contributed by atoms with van der Waals surface area (Å²) in [4.78, 5) is 30.9. The molecule has 0 aliphatic heterocycles. The van der Waals surface area contributed by atoms with Crippen molar-refractivity contribution in [1.82, 2.24) is 14.4 Å². The van der Waals surface area contributed by atoms with Crippen LogP contribution in [0.25, 0.3) is 6.08 Å². The molecule has 2 amide bonds. The minimum atomic E-state index is -0.255. The molecule has 1 aliphatic rings. The molecule has 1 aromatic heterocycles. The van der Waals surface area contributed by atoms with Gasteiger partial charge in [0.25, 0.3) is 0 Å². The number of hydrogen-bond donors (Lipinski definition) is 0. The summed E-state index contributed by atoms with van der Waals surface area (Å²) in [6, 6.07) is 20.4. The molecule has 0 radical (unpaired) electrons. The maximum atomic E-state index is 14.0. The zero-order valence-electron chi connectivity index (χ0n) is 24.1. The van der Waals surface area contributed by atoms with Crippen LogP contribution >= 0.6 is 0 Å². The Morgan fingerprint density at radius 3 is 2.49 bits per heavy atom. The molecule has 0 atom stereocenters. The van der Waals surface area contributed by atoms with Crippen LogP contribution in [-0.4, -0.2) is 58.5 Å². The van der Waals surface area contributed by atoms with E-state index in [2.05, 4.69) is 4.57 Å². The highest BCUT2D eigenvalue weighted by Gasteiger charge is 2.28. The third-order valence-electron chi connectivity index (χ3n) is 7.63. The number of benzene rings is 2. The van der Waals surface area contributed by atoms with Crippen LogP contribution in [-0.2, 0) is 27.4 Å². The molecule has 218 valence electrons. The monoisotopic (exact) mass is 559 g/mol. The number of ether oxygens (including phenoxy) is 1. The molecule has 41 heavy (non-hydrogen) atoms. The molecule has 4 rings (SSSR count). The summed E-state index contributed by atoms with van der Waals surface area (Å²) in [5.74, 6) is -0.471. The zero-order valence-corrected chi connectivity index (χ0v) is 24.1. The molecule has 7 heteroatoms. The largest absolute Gasteiger partial charge is 0.382 e. The van der Waals surface area contributed by atoms with Crippen LogP contribution in [0.4, 0.5) is 4.39 Å². The summed E-state index contributed by atoms with van der Waals surface area (Å²) in [5.41, 5.74) is 2.95. The number of aromatic nitrogens is 1. The van der Waals surface area contributed by atoms with Gasteiger partial charge in [0, 0.05) is 50.3 Å². The fraction of sp³-hybridized carbons (Fsp3) is 0.412. The van der Waals surface area contributed by atoms with Gasteiger partial charge in [0.05, 0.1) is 6.54 Å². The highest BCUT2D eigenvalue weighted by atomic mass is 19.1. The zero-order chi connectivity index (χ0) is 28.9. The van der Waals surface area contributed by atoms with E-state index in [9.17, 15) is 14.0 Å². The van der Waals surface area contributed by atoms with Crippen LogP contribution in [0.2, 0.25) is 0 Å². The van der Waals surface area contributed by atoms with E-state index >= 15 is 0 Å². The number of amides is 2.